The molecule has 5 rings (SSSR count). The summed E-state index contributed by atoms with van der Waals surface area (Å²) in [5.74, 6) is 0.703. The highest BCUT2D eigenvalue weighted by molar-refractivity contribution is 8.26. The molecule has 1 aromatic carbocycles. The number of thiocarbonyl (C=S) groups is 1. The summed E-state index contributed by atoms with van der Waals surface area (Å²) in [6.07, 6.45) is 8.77. The van der Waals surface area contributed by atoms with E-state index in [0.29, 0.717) is 28.1 Å². The molecule has 0 spiro atoms. The standard InChI is InChI=1S/C24H23N3O3S2/c28-22(25-10-4-1-5-11-25)16-26-14-17(19-8-2-3-9-20(19)26)13-21-23(29)27(24(31)32-21)15-18-7-6-12-30-18/h2-3,6-9,12-14H,1,4-5,10-11,15-16H2/b21-13-. The van der Waals surface area contributed by atoms with Gasteiger partial charge >= 0.3 is 0 Å². The number of para-hydroxylation sites is 1. The zero-order chi connectivity index (χ0) is 22.1. The molecule has 0 radical (unpaired) electrons. The van der Waals surface area contributed by atoms with E-state index in [1.807, 2.05) is 52.1 Å². The zero-order valence-electron chi connectivity index (χ0n) is 17.5. The quantitative estimate of drug-likeness (QED) is 0.406. The average Bonchev–Trinajstić information content (AvgIpc) is 3.51. The number of carbonyl (C=O) groups excluding carboxylic acids is 2. The minimum Gasteiger partial charge on any atom is -0.467 e. The number of furan rings is 1. The van der Waals surface area contributed by atoms with E-state index in [1.165, 1.54) is 18.2 Å². The fourth-order valence-electron chi connectivity index (χ4n) is 4.25. The Morgan fingerprint density at radius 3 is 2.72 bits per heavy atom. The van der Waals surface area contributed by atoms with Crippen LogP contribution < -0.4 is 0 Å². The molecule has 0 N–H and O–H groups in total. The molecule has 0 atom stereocenters. The van der Waals surface area contributed by atoms with Crippen molar-refractivity contribution in [3.63, 3.8) is 0 Å². The molecule has 2 aromatic heterocycles. The second kappa shape index (κ2) is 8.96. The van der Waals surface area contributed by atoms with E-state index in [9.17, 15) is 9.59 Å². The number of amides is 2. The van der Waals surface area contributed by atoms with Crippen LogP contribution in [0, 0.1) is 0 Å². The lowest BCUT2D eigenvalue weighted by Gasteiger charge is -2.27. The van der Waals surface area contributed by atoms with Gasteiger partial charge < -0.3 is 13.9 Å². The summed E-state index contributed by atoms with van der Waals surface area (Å²) < 4.78 is 7.88. The van der Waals surface area contributed by atoms with Crippen LogP contribution in [-0.4, -0.2) is 43.6 Å². The maximum atomic E-state index is 13.0. The van der Waals surface area contributed by atoms with Gasteiger partial charge in [-0.3, -0.25) is 14.5 Å². The van der Waals surface area contributed by atoms with Crippen LogP contribution in [0.3, 0.4) is 0 Å². The molecule has 2 fully saturated rings. The minimum absolute atomic E-state index is 0.127. The molecular weight excluding hydrogens is 442 g/mol. The molecule has 164 valence electrons. The zero-order valence-corrected chi connectivity index (χ0v) is 19.2. The molecule has 32 heavy (non-hydrogen) atoms. The number of likely N-dealkylation sites (tertiary alicyclic amines) is 1. The van der Waals surface area contributed by atoms with Gasteiger partial charge in [0.05, 0.1) is 17.7 Å². The molecule has 2 amide bonds. The van der Waals surface area contributed by atoms with Gasteiger partial charge in [-0.05, 0) is 43.5 Å². The fraction of sp³-hybridized carbons (Fsp3) is 0.292. The van der Waals surface area contributed by atoms with Crippen LogP contribution in [0.1, 0.15) is 30.6 Å². The van der Waals surface area contributed by atoms with Crippen molar-refractivity contribution in [3.05, 3.63) is 65.1 Å². The number of nitrogens with zero attached hydrogens (tertiary/aromatic N) is 3. The summed E-state index contributed by atoms with van der Waals surface area (Å²) in [6.45, 7) is 2.29. The third-order valence-electron chi connectivity index (χ3n) is 5.89. The number of carbonyl (C=O) groups is 2. The Kier molecular flexibility index (Phi) is 5.89. The lowest BCUT2D eigenvalue weighted by Crippen LogP contribution is -2.37. The van der Waals surface area contributed by atoms with E-state index in [1.54, 1.807) is 17.2 Å². The Morgan fingerprint density at radius 2 is 1.94 bits per heavy atom. The van der Waals surface area contributed by atoms with Gasteiger partial charge in [0.15, 0.2) is 0 Å². The number of piperidine rings is 1. The van der Waals surface area contributed by atoms with Crippen LogP contribution in [0.2, 0.25) is 0 Å². The number of rotatable bonds is 5. The molecule has 3 aromatic rings. The molecule has 2 aliphatic rings. The number of hydrogen-bond acceptors (Lipinski definition) is 5. The molecule has 0 saturated carbocycles. The number of fused-ring (bicyclic) bond motifs is 1. The van der Waals surface area contributed by atoms with E-state index in [-0.39, 0.29) is 11.8 Å². The molecule has 2 saturated heterocycles. The SMILES string of the molecule is O=C(Cn1cc(/C=C2\SC(=S)N(Cc3ccco3)C2=O)c2ccccc21)N1CCCCC1. The minimum atomic E-state index is -0.127. The first kappa shape index (κ1) is 21.0. The van der Waals surface area contributed by atoms with Crippen LogP contribution in [0.15, 0.2) is 58.2 Å². The molecule has 8 heteroatoms. The lowest BCUT2D eigenvalue weighted by atomic mass is 10.1. The monoisotopic (exact) mass is 465 g/mol. The molecule has 0 unspecified atom stereocenters. The van der Waals surface area contributed by atoms with Crippen LogP contribution in [0.5, 0.6) is 0 Å². The van der Waals surface area contributed by atoms with Crippen LogP contribution in [0.4, 0.5) is 0 Å². The Bertz CT molecular complexity index is 1210. The number of hydrogen-bond donors (Lipinski definition) is 0. The third-order valence-corrected chi connectivity index (χ3v) is 7.27. The van der Waals surface area contributed by atoms with Crippen LogP contribution in [-0.2, 0) is 22.7 Å². The van der Waals surface area contributed by atoms with E-state index < -0.39 is 0 Å². The predicted molar refractivity (Wildman–Crippen MR) is 130 cm³/mol. The van der Waals surface area contributed by atoms with Gasteiger partial charge in [0.2, 0.25) is 5.91 Å². The van der Waals surface area contributed by atoms with Crippen molar-refractivity contribution in [2.45, 2.75) is 32.4 Å². The summed E-state index contributed by atoms with van der Waals surface area (Å²) in [5, 5.41) is 1.01. The van der Waals surface area contributed by atoms with Gasteiger partial charge in [-0.25, -0.2) is 0 Å². The largest absolute Gasteiger partial charge is 0.467 e. The van der Waals surface area contributed by atoms with Crippen molar-refractivity contribution < 1.29 is 14.0 Å². The Morgan fingerprint density at radius 1 is 1.12 bits per heavy atom. The maximum Gasteiger partial charge on any atom is 0.266 e. The van der Waals surface area contributed by atoms with Crippen LogP contribution >= 0.6 is 24.0 Å². The summed E-state index contributed by atoms with van der Waals surface area (Å²) in [5.41, 5.74) is 1.89. The molecule has 0 aliphatic carbocycles. The van der Waals surface area contributed by atoms with Crippen molar-refractivity contribution in [1.29, 1.82) is 0 Å². The van der Waals surface area contributed by atoms with Crippen LogP contribution in [0.25, 0.3) is 17.0 Å². The van der Waals surface area contributed by atoms with E-state index in [4.69, 9.17) is 16.6 Å². The Hall–Kier alpha value is -2.84. The molecule has 4 heterocycles. The highest BCUT2D eigenvalue weighted by Crippen LogP contribution is 2.35. The van der Waals surface area contributed by atoms with Gasteiger partial charge in [0.25, 0.3) is 5.91 Å². The van der Waals surface area contributed by atoms with Crippen molar-refractivity contribution in [2.75, 3.05) is 13.1 Å². The first-order valence-electron chi connectivity index (χ1n) is 10.7. The number of aromatic nitrogens is 1. The van der Waals surface area contributed by atoms with Gasteiger partial charge in [-0.2, -0.15) is 0 Å². The van der Waals surface area contributed by atoms with Crippen molar-refractivity contribution >= 4 is 57.1 Å². The predicted octanol–water partition coefficient (Wildman–Crippen LogP) is 4.65. The summed E-state index contributed by atoms with van der Waals surface area (Å²) in [6, 6.07) is 11.6. The average molecular weight is 466 g/mol. The molecule has 0 bridgehead atoms. The third kappa shape index (κ3) is 4.12. The topological polar surface area (TPSA) is 58.7 Å². The Labute approximate surface area is 195 Å². The van der Waals surface area contributed by atoms with E-state index in [0.717, 1.165) is 42.4 Å². The highest BCUT2D eigenvalue weighted by atomic mass is 32.2. The smallest absolute Gasteiger partial charge is 0.266 e. The molecule has 6 nitrogen and oxygen atoms in total. The highest BCUT2D eigenvalue weighted by Gasteiger charge is 2.33. The first-order valence-corrected chi connectivity index (χ1v) is 12.0. The van der Waals surface area contributed by atoms with E-state index in [2.05, 4.69) is 0 Å². The number of benzene rings is 1. The van der Waals surface area contributed by atoms with Gasteiger partial charge in [-0.1, -0.05) is 42.2 Å². The van der Waals surface area contributed by atoms with Crippen molar-refractivity contribution in [3.8, 4) is 0 Å². The summed E-state index contributed by atoms with van der Waals surface area (Å²) >= 11 is 6.74. The van der Waals surface area contributed by atoms with Gasteiger partial charge in [0.1, 0.15) is 16.6 Å². The second-order valence-electron chi connectivity index (χ2n) is 8.02. The van der Waals surface area contributed by atoms with E-state index >= 15 is 0 Å². The fourth-order valence-corrected chi connectivity index (χ4v) is 5.49. The van der Waals surface area contributed by atoms with Gasteiger partial charge in [-0.15, -0.1) is 0 Å². The summed E-state index contributed by atoms with van der Waals surface area (Å²) in [7, 11) is 0. The van der Waals surface area contributed by atoms with Crippen molar-refractivity contribution in [1.82, 2.24) is 14.4 Å². The lowest BCUT2D eigenvalue weighted by molar-refractivity contribution is -0.132. The Balaban J connectivity index is 1.42. The molecular formula is C24H23N3O3S2. The second-order valence-corrected chi connectivity index (χ2v) is 9.69. The first-order chi connectivity index (χ1) is 15.6. The van der Waals surface area contributed by atoms with Gasteiger partial charge in [0, 0.05) is 35.8 Å². The normalized spacial score (nSPS) is 18.3. The molecule has 2 aliphatic heterocycles. The summed E-state index contributed by atoms with van der Waals surface area (Å²) in [4.78, 5) is 30.0. The number of thioether (sulfide) groups is 1. The van der Waals surface area contributed by atoms with Crippen molar-refractivity contribution in [2.24, 2.45) is 0 Å². The maximum absolute atomic E-state index is 13.0.